The summed E-state index contributed by atoms with van der Waals surface area (Å²) in [6.07, 6.45) is 5.35. The molecule has 2 amide bonds. The van der Waals surface area contributed by atoms with Crippen LogP contribution in [-0.2, 0) is 14.3 Å². The molecular weight excluding hydrogens is 322 g/mol. The minimum absolute atomic E-state index is 0.00487. The molecule has 7 heteroatoms. The molecule has 0 unspecified atom stereocenters. The van der Waals surface area contributed by atoms with E-state index in [1.165, 1.54) is 19.3 Å². The summed E-state index contributed by atoms with van der Waals surface area (Å²) in [5, 5.41) is 15.4. The molecule has 2 aliphatic heterocycles. The van der Waals surface area contributed by atoms with Crippen molar-refractivity contribution in [1.82, 2.24) is 15.5 Å². The van der Waals surface area contributed by atoms with Gasteiger partial charge >= 0.3 is 0 Å². The Morgan fingerprint density at radius 2 is 1.92 bits per heavy atom. The van der Waals surface area contributed by atoms with Crippen LogP contribution in [0.25, 0.3) is 0 Å². The third-order valence-electron chi connectivity index (χ3n) is 5.08. The van der Waals surface area contributed by atoms with Crippen molar-refractivity contribution in [2.24, 2.45) is 0 Å². The predicted molar refractivity (Wildman–Crippen MR) is 95.1 cm³/mol. The third kappa shape index (κ3) is 6.92. The summed E-state index contributed by atoms with van der Waals surface area (Å²) in [6.45, 7) is 5.48. The molecule has 25 heavy (non-hydrogen) atoms. The lowest BCUT2D eigenvalue weighted by Gasteiger charge is -2.36. The average Bonchev–Trinajstić information content (AvgIpc) is 2.63. The lowest BCUT2D eigenvalue weighted by Crippen LogP contribution is -2.51. The number of aliphatic hydroxyl groups is 1. The molecular formula is C18H33N3O4. The number of aliphatic hydroxyl groups excluding tert-OH is 1. The highest BCUT2D eigenvalue weighted by atomic mass is 16.5. The van der Waals surface area contributed by atoms with Crippen LogP contribution in [-0.4, -0.2) is 72.9 Å². The van der Waals surface area contributed by atoms with Crippen LogP contribution in [0.1, 0.15) is 51.9 Å². The van der Waals surface area contributed by atoms with Crippen LogP contribution in [0.2, 0.25) is 0 Å². The molecule has 0 bridgehead atoms. The van der Waals surface area contributed by atoms with E-state index in [-0.39, 0.29) is 30.6 Å². The maximum atomic E-state index is 12.1. The number of ether oxygens (including phenoxy) is 1. The Morgan fingerprint density at radius 3 is 2.60 bits per heavy atom. The highest BCUT2D eigenvalue weighted by molar-refractivity contribution is 5.76. The van der Waals surface area contributed by atoms with Gasteiger partial charge in [-0.25, -0.2) is 0 Å². The van der Waals surface area contributed by atoms with Crippen LogP contribution in [0.5, 0.6) is 0 Å². The molecule has 0 aromatic heterocycles. The second kappa shape index (κ2) is 10.7. The van der Waals surface area contributed by atoms with Gasteiger partial charge in [-0.2, -0.15) is 0 Å². The first-order valence-corrected chi connectivity index (χ1v) is 9.67. The van der Waals surface area contributed by atoms with Crippen molar-refractivity contribution in [2.45, 2.75) is 70.1 Å². The maximum Gasteiger partial charge on any atom is 0.222 e. The molecule has 0 aromatic carbocycles. The Labute approximate surface area is 150 Å². The molecule has 2 aliphatic rings. The Kier molecular flexibility index (Phi) is 8.64. The molecule has 2 heterocycles. The summed E-state index contributed by atoms with van der Waals surface area (Å²) in [5.41, 5.74) is 0. The molecule has 2 saturated heterocycles. The summed E-state index contributed by atoms with van der Waals surface area (Å²) >= 11 is 0. The minimum Gasteiger partial charge on any atom is -0.394 e. The zero-order chi connectivity index (χ0) is 18.1. The predicted octanol–water partition coefficient (Wildman–Crippen LogP) is 0.413. The second-order valence-corrected chi connectivity index (χ2v) is 7.04. The fraction of sp³-hybridized carbons (Fsp3) is 0.889. The Balaban J connectivity index is 1.66. The zero-order valence-electron chi connectivity index (χ0n) is 15.3. The van der Waals surface area contributed by atoms with E-state index in [1.54, 1.807) is 6.92 Å². The van der Waals surface area contributed by atoms with Crippen molar-refractivity contribution in [3.05, 3.63) is 0 Å². The van der Waals surface area contributed by atoms with E-state index >= 15 is 0 Å². The lowest BCUT2D eigenvalue weighted by molar-refractivity contribution is -0.135. The van der Waals surface area contributed by atoms with Gasteiger partial charge in [-0.05, 0) is 38.8 Å². The highest BCUT2D eigenvalue weighted by Crippen LogP contribution is 2.22. The number of piperidine rings is 1. The van der Waals surface area contributed by atoms with Crippen molar-refractivity contribution in [1.29, 1.82) is 0 Å². The summed E-state index contributed by atoms with van der Waals surface area (Å²) in [7, 11) is 0. The molecule has 3 atom stereocenters. The molecule has 3 N–H and O–H groups in total. The van der Waals surface area contributed by atoms with Crippen molar-refractivity contribution in [3.63, 3.8) is 0 Å². The normalized spacial score (nSPS) is 27.7. The lowest BCUT2D eigenvalue weighted by atomic mass is 9.97. The van der Waals surface area contributed by atoms with Crippen LogP contribution in [0.4, 0.5) is 0 Å². The molecule has 7 nitrogen and oxygen atoms in total. The Bertz CT molecular complexity index is 427. The standard InChI is InChI=1S/C18H33N3O4/c1-2-17(23)20-15-7-6-14(25-16(15)13-22)12-18(24)19-8-11-21-9-4-3-5-10-21/h14-16,22H,2-13H2,1H3,(H,19,24)(H,20,23)/t14-,15+,16+/m0/s1. The van der Waals surface area contributed by atoms with E-state index in [9.17, 15) is 14.7 Å². The average molecular weight is 355 g/mol. The molecule has 0 saturated carbocycles. The van der Waals surface area contributed by atoms with Crippen molar-refractivity contribution < 1.29 is 19.4 Å². The van der Waals surface area contributed by atoms with Gasteiger partial charge in [0.1, 0.15) is 6.10 Å². The fourth-order valence-corrected chi connectivity index (χ4v) is 3.57. The van der Waals surface area contributed by atoms with Gasteiger partial charge in [0.05, 0.1) is 25.2 Å². The fourth-order valence-electron chi connectivity index (χ4n) is 3.57. The van der Waals surface area contributed by atoms with Gasteiger partial charge in [-0.15, -0.1) is 0 Å². The van der Waals surface area contributed by atoms with E-state index < -0.39 is 6.10 Å². The topological polar surface area (TPSA) is 90.9 Å². The van der Waals surface area contributed by atoms with Crippen molar-refractivity contribution in [3.8, 4) is 0 Å². The molecule has 144 valence electrons. The Hall–Kier alpha value is -1.18. The van der Waals surface area contributed by atoms with Gasteiger partial charge in [-0.3, -0.25) is 9.59 Å². The number of likely N-dealkylation sites (tertiary alicyclic amines) is 1. The van der Waals surface area contributed by atoms with Gasteiger partial charge in [-0.1, -0.05) is 13.3 Å². The number of hydrogen-bond donors (Lipinski definition) is 3. The van der Waals surface area contributed by atoms with E-state index in [1.807, 2.05) is 0 Å². The van der Waals surface area contributed by atoms with Crippen LogP contribution in [0, 0.1) is 0 Å². The van der Waals surface area contributed by atoms with Crippen molar-refractivity contribution >= 4 is 11.8 Å². The molecule has 0 aliphatic carbocycles. The Morgan fingerprint density at radius 1 is 1.16 bits per heavy atom. The number of nitrogens with one attached hydrogen (secondary N) is 2. The van der Waals surface area contributed by atoms with E-state index in [2.05, 4.69) is 15.5 Å². The van der Waals surface area contributed by atoms with Gasteiger partial charge in [0.2, 0.25) is 11.8 Å². The molecule has 0 aromatic rings. The first-order chi connectivity index (χ1) is 12.1. The smallest absolute Gasteiger partial charge is 0.222 e. The van der Waals surface area contributed by atoms with Crippen LogP contribution in [0.15, 0.2) is 0 Å². The minimum atomic E-state index is -0.435. The summed E-state index contributed by atoms with van der Waals surface area (Å²) in [4.78, 5) is 26.0. The van der Waals surface area contributed by atoms with Gasteiger partial charge in [0.15, 0.2) is 0 Å². The van der Waals surface area contributed by atoms with Crippen LogP contribution in [0.3, 0.4) is 0 Å². The highest BCUT2D eigenvalue weighted by Gasteiger charge is 2.32. The van der Waals surface area contributed by atoms with E-state index in [4.69, 9.17) is 4.74 Å². The monoisotopic (exact) mass is 355 g/mol. The number of carbonyl (C=O) groups excluding carboxylic acids is 2. The number of hydrogen-bond acceptors (Lipinski definition) is 5. The molecule has 2 fully saturated rings. The third-order valence-corrected chi connectivity index (χ3v) is 5.08. The number of nitrogens with zero attached hydrogens (tertiary/aromatic N) is 1. The first kappa shape index (κ1) is 20.1. The molecule has 2 rings (SSSR count). The van der Waals surface area contributed by atoms with Crippen LogP contribution >= 0.6 is 0 Å². The molecule has 0 radical (unpaired) electrons. The van der Waals surface area contributed by atoms with E-state index in [0.29, 0.717) is 25.8 Å². The number of carbonyl (C=O) groups is 2. The summed E-state index contributed by atoms with van der Waals surface area (Å²) < 4.78 is 5.82. The summed E-state index contributed by atoms with van der Waals surface area (Å²) in [6, 6.07) is -0.170. The van der Waals surface area contributed by atoms with Crippen LogP contribution < -0.4 is 10.6 Å². The molecule has 0 spiro atoms. The number of amides is 2. The van der Waals surface area contributed by atoms with Gasteiger partial charge < -0.3 is 25.4 Å². The van der Waals surface area contributed by atoms with E-state index in [0.717, 1.165) is 26.1 Å². The zero-order valence-corrected chi connectivity index (χ0v) is 15.3. The summed E-state index contributed by atoms with van der Waals surface area (Å²) in [5.74, 6) is -0.0456. The maximum absolute atomic E-state index is 12.1. The largest absolute Gasteiger partial charge is 0.394 e. The van der Waals surface area contributed by atoms with Crippen molar-refractivity contribution in [2.75, 3.05) is 32.8 Å². The second-order valence-electron chi connectivity index (χ2n) is 7.04. The van der Waals surface area contributed by atoms with Gasteiger partial charge in [0, 0.05) is 19.5 Å². The SMILES string of the molecule is CCC(=O)N[C@@H]1CC[C@@H](CC(=O)NCCN2CCCCC2)O[C@@H]1CO. The van der Waals surface area contributed by atoms with Gasteiger partial charge in [0.25, 0.3) is 0 Å². The quantitative estimate of drug-likeness (QED) is 0.587. The first-order valence-electron chi connectivity index (χ1n) is 9.67. The number of rotatable bonds is 8.